The molecule has 0 radical (unpaired) electrons. The molecule has 0 amide bonds. The van der Waals surface area contributed by atoms with Crippen molar-refractivity contribution in [2.75, 3.05) is 39.4 Å². The Labute approximate surface area is 93.0 Å². The molecule has 0 aromatic rings. The van der Waals surface area contributed by atoms with Crippen LogP contribution in [0.25, 0.3) is 0 Å². The third-order valence-electron chi connectivity index (χ3n) is 3.69. The molecule has 2 unspecified atom stereocenters. The first-order valence-corrected chi connectivity index (χ1v) is 6.28. The summed E-state index contributed by atoms with van der Waals surface area (Å²) < 4.78 is 5.37. The van der Waals surface area contributed by atoms with E-state index >= 15 is 0 Å². The first-order chi connectivity index (χ1) is 7.29. The Morgan fingerprint density at radius 1 is 1.53 bits per heavy atom. The summed E-state index contributed by atoms with van der Waals surface area (Å²) in [7, 11) is 0. The molecule has 2 heterocycles. The molecule has 88 valence electrons. The highest BCUT2D eigenvalue weighted by molar-refractivity contribution is 4.83. The van der Waals surface area contributed by atoms with Crippen molar-refractivity contribution in [1.29, 1.82) is 0 Å². The van der Waals surface area contributed by atoms with Gasteiger partial charge in [0, 0.05) is 26.2 Å². The maximum Gasteiger partial charge on any atom is 0.0507 e. The second-order valence-electron chi connectivity index (χ2n) is 5.45. The zero-order chi connectivity index (χ0) is 10.6. The van der Waals surface area contributed by atoms with Crippen molar-refractivity contribution in [3.8, 4) is 0 Å². The molecule has 2 aliphatic heterocycles. The maximum atomic E-state index is 5.37. The van der Waals surface area contributed by atoms with E-state index in [0.29, 0.717) is 5.41 Å². The fourth-order valence-electron chi connectivity index (χ4n) is 2.59. The number of hydrogen-bond acceptors (Lipinski definition) is 3. The van der Waals surface area contributed by atoms with Gasteiger partial charge >= 0.3 is 0 Å². The summed E-state index contributed by atoms with van der Waals surface area (Å²) in [5.74, 6) is 0.755. The summed E-state index contributed by atoms with van der Waals surface area (Å²) in [4.78, 5) is 0. The second-order valence-corrected chi connectivity index (χ2v) is 5.45. The lowest BCUT2D eigenvalue weighted by atomic mass is 9.82. The van der Waals surface area contributed by atoms with Crippen LogP contribution < -0.4 is 10.6 Å². The van der Waals surface area contributed by atoms with Crippen LogP contribution >= 0.6 is 0 Å². The van der Waals surface area contributed by atoms with Gasteiger partial charge in [-0.15, -0.1) is 0 Å². The Hall–Kier alpha value is -0.120. The normalized spacial score (nSPS) is 37.0. The van der Waals surface area contributed by atoms with Gasteiger partial charge in [0.15, 0.2) is 0 Å². The Bertz CT molecular complexity index is 184. The van der Waals surface area contributed by atoms with Crippen molar-refractivity contribution in [1.82, 2.24) is 10.6 Å². The van der Waals surface area contributed by atoms with Crippen molar-refractivity contribution in [3.63, 3.8) is 0 Å². The minimum Gasteiger partial charge on any atom is -0.381 e. The molecule has 0 spiro atoms. The molecule has 2 fully saturated rings. The first kappa shape index (κ1) is 11.4. The molecule has 0 aromatic carbocycles. The van der Waals surface area contributed by atoms with Crippen LogP contribution in [0.1, 0.15) is 26.2 Å². The summed E-state index contributed by atoms with van der Waals surface area (Å²) >= 11 is 0. The van der Waals surface area contributed by atoms with Gasteiger partial charge < -0.3 is 15.4 Å². The highest BCUT2D eigenvalue weighted by atomic mass is 16.5. The van der Waals surface area contributed by atoms with Crippen molar-refractivity contribution < 1.29 is 4.74 Å². The molecule has 2 rings (SSSR count). The predicted molar refractivity (Wildman–Crippen MR) is 62.0 cm³/mol. The summed E-state index contributed by atoms with van der Waals surface area (Å²) in [6, 6.07) is 0. The molecule has 0 aromatic heterocycles. The summed E-state index contributed by atoms with van der Waals surface area (Å²) in [6.07, 6.45) is 3.92. The molecule has 3 heteroatoms. The van der Waals surface area contributed by atoms with Crippen molar-refractivity contribution in [2.45, 2.75) is 26.2 Å². The molecule has 0 bridgehead atoms. The van der Waals surface area contributed by atoms with Gasteiger partial charge in [-0.05, 0) is 37.1 Å². The van der Waals surface area contributed by atoms with Crippen LogP contribution in [-0.4, -0.2) is 39.4 Å². The van der Waals surface area contributed by atoms with Crippen molar-refractivity contribution in [3.05, 3.63) is 0 Å². The predicted octanol–water partition coefficient (Wildman–Crippen LogP) is 1.00. The van der Waals surface area contributed by atoms with Crippen molar-refractivity contribution >= 4 is 0 Å². The Balaban J connectivity index is 1.63. The minimum absolute atomic E-state index is 0.470. The Kier molecular flexibility index (Phi) is 4.00. The van der Waals surface area contributed by atoms with E-state index in [0.717, 1.165) is 32.2 Å². The zero-order valence-electron chi connectivity index (χ0n) is 9.85. The van der Waals surface area contributed by atoms with Gasteiger partial charge in [-0.2, -0.15) is 0 Å². The molecule has 2 saturated heterocycles. The van der Waals surface area contributed by atoms with E-state index in [2.05, 4.69) is 17.6 Å². The van der Waals surface area contributed by atoms with Crippen LogP contribution in [0.2, 0.25) is 0 Å². The summed E-state index contributed by atoms with van der Waals surface area (Å²) in [5.41, 5.74) is 0.470. The topological polar surface area (TPSA) is 33.3 Å². The number of ether oxygens (including phenoxy) is 1. The summed E-state index contributed by atoms with van der Waals surface area (Å²) in [5, 5.41) is 7.11. The monoisotopic (exact) mass is 212 g/mol. The van der Waals surface area contributed by atoms with Crippen LogP contribution in [0, 0.1) is 11.3 Å². The van der Waals surface area contributed by atoms with Crippen LogP contribution in [0.3, 0.4) is 0 Å². The standard InChI is InChI=1S/C12H24N2O/c1-12(4-2-5-13-9-12)10-14-7-11-3-6-15-8-11/h11,13-14H,2-10H2,1H3. The molecular formula is C12H24N2O. The molecule has 2 N–H and O–H groups in total. The van der Waals surface area contributed by atoms with Crippen LogP contribution in [-0.2, 0) is 4.74 Å². The van der Waals surface area contributed by atoms with E-state index in [1.807, 2.05) is 0 Å². The van der Waals surface area contributed by atoms with Crippen LogP contribution in [0.15, 0.2) is 0 Å². The SMILES string of the molecule is CC1(CNCC2CCOC2)CCCNC1. The number of nitrogens with one attached hydrogen (secondary N) is 2. The molecular weight excluding hydrogens is 188 g/mol. The van der Waals surface area contributed by atoms with Gasteiger partial charge in [0.25, 0.3) is 0 Å². The molecule has 0 saturated carbocycles. The zero-order valence-corrected chi connectivity index (χ0v) is 9.85. The maximum absolute atomic E-state index is 5.37. The van der Waals surface area contributed by atoms with E-state index in [4.69, 9.17) is 4.74 Å². The smallest absolute Gasteiger partial charge is 0.0507 e. The van der Waals surface area contributed by atoms with Gasteiger partial charge in [-0.25, -0.2) is 0 Å². The van der Waals surface area contributed by atoms with Gasteiger partial charge in [-0.3, -0.25) is 0 Å². The average Bonchev–Trinajstić information content (AvgIpc) is 2.71. The number of piperidine rings is 1. The summed E-state index contributed by atoms with van der Waals surface area (Å²) in [6.45, 7) is 8.96. The molecule has 2 atom stereocenters. The van der Waals surface area contributed by atoms with Gasteiger partial charge in [0.2, 0.25) is 0 Å². The Morgan fingerprint density at radius 2 is 2.47 bits per heavy atom. The number of hydrogen-bond donors (Lipinski definition) is 2. The Morgan fingerprint density at radius 3 is 3.13 bits per heavy atom. The van der Waals surface area contributed by atoms with Gasteiger partial charge in [-0.1, -0.05) is 6.92 Å². The molecule has 15 heavy (non-hydrogen) atoms. The van der Waals surface area contributed by atoms with E-state index in [9.17, 15) is 0 Å². The van der Waals surface area contributed by atoms with Gasteiger partial charge in [0.1, 0.15) is 0 Å². The van der Waals surface area contributed by atoms with E-state index in [1.54, 1.807) is 0 Å². The highest BCUT2D eigenvalue weighted by Gasteiger charge is 2.26. The van der Waals surface area contributed by atoms with E-state index < -0.39 is 0 Å². The fourth-order valence-corrected chi connectivity index (χ4v) is 2.59. The lowest BCUT2D eigenvalue weighted by Gasteiger charge is -2.34. The quantitative estimate of drug-likeness (QED) is 0.729. The van der Waals surface area contributed by atoms with Crippen LogP contribution in [0.5, 0.6) is 0 Å². The lowest BCUT2D eigenvalue weighted by Crippen LogP contribution is -2.45. The first-order valence-electron chi connectivity index (χ1n) is 6.28. The molecule has 2 aliphatic rings. The third-order valence-corrected chi connectivity index (χ3v) is 3.69. The van der Waals surface area contributed by atoms with Gasteiger partial charge in [0.05, 0.1) is 6.61 Å². The highest BCUT2D eigenvalue weighted by Crippen LogP contribution is 2.24. The van der Waals surface area contributed by atoms with Crippen LogP contribution in [0.4, 0.5) is 0 Å². The van der Waals surface area contributed by atoms with E-state index in [1.165, 1.54) is 32.4 Å². The number of rotatable bonds is 4. The third kappa shape index (κ3) is 3.44. The largest absolute Gasteiger partial charge is 0.381 e. The average molecular weight is 212 g/mol. The fraction of sp³-hybridized carbons (Fsp3) is 1.00. The second kappa shape index (κ2) is 5.28. The minimum atomic E-state index is 0.470. The lowest BCUT2D eigenvalue weighted by molar-refractivity contribution is 0.181. The van der Waals surface area contributed by atoms with E-state index in [-0.39, 0.29) is 0 Å². The molecule has 3 nitrogen and oxygen atoms in total. The molecule has 0 aliphatic carbocycles. The van der Waals surface area contributed by atoms with Crippen molar-refractivity contribution in [2.24, 2.45) is 11.3 Å².